The van der Waals surface area contributed by atoms with Crippen LogP contribution in [0.4, 0.5) is 0 Å². The zero-order chi connectivity index (χ0) is 17.7. The average Bonchev–Trinajstić information content (AvgIpc) is 2.53. The Morgan fingerprint density at radius 3 is 2.54 bits per heavy atom. The smallest absolute Gasteiger partial charge is 0.350 e. The number of esters is 2. The molecule has 0 unspecified atom stereocenters. The third kappa shape index (κ3) is 4.51. The van der Waals surface area contributed by atoms with Crippen molar-refractivity contribution in [1.29, 1.82) is 0 Å². The molecule has 0 radical (unpaired) electrons. The lowest BCUT2D eigenvalue weighted by molar-refractivity contribution is -0.186. The van der Waals surface area contributed by atoms with Crippen LogP contribution in [0.5, 0.6) is 0 Å². The second kappa shape index (κ2) is 8.34. The highest BCUT2D eigenvalue weighted by Crippen LogP contribution is 2.34. The molecule has 0 heterocycles. The molecule has 0 atom stereocenters. The maximum Gasteiger partial charge on any atom is 0.350 e. The molecule has 1 saturated carbocycles. The van der Waals surface area contributed by atoms with Gasteiger partial charge in [0.25, 0.3) is 0 Å². The van der Waals surface area contributed by atoms with E-state index in [9.17, 15) is 9.59 Å². The lowest BCUT2D eigenvalue weighted by Gasteiger charge is -2.34. The minimum atomic E-state index is -1.14. The molecular weight excluding hydrogens is 396 g/mol. The average molecular weight is 418 g/mol. The van der Waals surface area contributed by atoms with E-state index in [-0.39, 0.29) is 13.0 Å². The van der Waals surface area contributed by atoms with Gasteiger partial charge in [-0.1, -0.05) is 40.0 Å². The van der Waals surface area contributed by atoms with Crippen molar-refractivity contribution in [2.75, 3.05) is 6.61 Å². The Morgan fingerprint density at radius 2 is 1.92 bits per heavy atom. The lowest BCUT2D eigenvalue weighted by atomic mass is 9.84. The van der Waals surface area contributed by atoms with E-state index in [1.54, 1.807) is 13.0 Å². The van der Waals surface area contributed by atoms with E-state index < -0.39 is 17.5 Å². The topological polar surface area (TPSA) is 52.6 Å². The summed E-state index contributed by atoms with van der Waals surface area (Å²) in [6, 6.07) is 3.62. The van der Waals surface area contributed by atoms with Gasteiger partial charge in [-0.25, -0.2) is 4.79 Å². The third-order valence-electron chi connectivity index (χ3n) is 4.28. The van der Waals surface area contributed by atoms with E-state index in [1.807, 2.05) is 13.0 Å². The molecule has 0 amide bonds. The predicted molar refractivity (Wildman–Crippen MR) is 96.1 cm³/mol. The molecule has 0 bridgehead atoms. The van der Waals surface area contributed by atoms with Gasteiger partial charge >= 0.3 is 11.9 Å². The molecule has 0 N–H and O–H groups in total. The van der Waals surface area contributed by atoms with Crippen molar-refractivity contribution in [3.05, 3.63) is 32.8 Å². The lowest BCUT2D eigenvalue weighted by Crippen LogP contribution is -2.46. The van der Waals surface area contributed by atoms with Crippen LogP contribution in [0.2, 0.25) is 5.02 Å². The molecule has 1 aromatic carbocycles. The molecular formula is C18H22BrClO4. The van der Waals surface area contributed by atoms with Crippen LogP contribution >= 0.6 is 27.5 Å². The largest absolute Gasteiger partial charge is 0.463 e. The number of aryl methyl sites for hydroxylation is 1. The summed E-state index contributed by atoms with van der Waals surface area (Å²) in [6.07, 6.45) is 3.81. The zero-order valence-corrected chi connectivity index (χ0v) is 16.3. The standard InChI is InChI=1S/C18H22BrClO4/c1-3-23-17(22)18(7-5-4-6-8-18)24-16(21)10-13-9-12(2)14(19)11-15(13)20/h9,11H,3-8,10H2,1-2H3. The highest BCUT2D eigenvalue weighted by atomic mass is 79.9. The fraction of sp³-hybridized carbons (Fsp3) is 0.556. The van der Waals surface area contributed by atoms with Gasteiger partial charge in [-0.05, 0) is 56.7 Å². The minimum Gasteiger partial charge on any atom is -0.463 e. The molecule has 1 aromatic rings. The maximum absolute atomic E-state index is 12.4. The predicted octanol–water partition coefficient (Wildman–Crippen LogP) is 4.76. The molecule has 1 aliphatic rings. The Morgan fingerprint density at radius 1 is 1.25 bits per heavy atom. The van der Waals surface area contributed by atoms with Crippen molar-refractivity contribution in [2.24, 2.45) is 0 Å². The zero-order valence-electron chi connectivity index (χ0n) is 14.0. The fourth-order valence-corrected chi connectivity index (χ4v) is 3.70. The van der Waals surface area contributed by atoms with Crippen molar-refractivity contribution >= 4 is 39.5 Å². The monoisotopic (exact) mass is 416 g/mol. The highest BCUT2D eigenvalue weighted by molar-refractivity contribution is 9.10. The number of carbonyl (C=O) groups excluding carboxylic acids is 2. The van der Waals surface area contributed by atoms with Gasteiger partial charge in [-0.15, -0.1) is 0 Å². The summed E-state index contributed by atoms with van der Waals surface area (Å²) in [7, 11) is 0. The Kier molecular flexibility index (Phi) is 6.70. The molecule has 2 rings (SSSR count). The second-order valence-electron chi connectivity index (χ2n) is 6.12. The van der Waals surface area contributed by atoms with Gasteiger partial charge in [0.15, 0.2) is 0 Å². The highest BCUT2D eigenvalue weighted by Gasteiger charge is 2.44. The van der Waals surface area contributed by atoms with Crippen LogP contribution in [0.3, 0.4) is 0 Å². The van der Waals surface area contributed by atoms with Crippen LogP contribution in [-0.4, -0.2) is 24.1 Å². The number of hydrogen-bond donors (Lipinski definition) is 0. The van der Waals surface area contributed by atoms with Crippen LogP contribution < -0.4 is 0 Å². The summed E-state index contributed by atoms with van der Waals surface area (Å²) >= 11 is 9.61. The molecule has 132 valence electrons. The van der Waals surface area contributed by atoms with Crippen LogP contribution in [0.25, 0.3) is 0 Å². The summed E-state index contributed by atoms with van der Waals surface area (Å²) in [5, 5.41) is 0.498. The number of rotatable bonds is 5. The number of halogens is 2. The molecule has 1 fully saturated rings. The van der Waals surface area contributed by atoms with Gasteiger partial charge in [-0.2, -0.15) is 0 Å². The third-order valence-corrected chi connectivity index (χ3v) is 5.49. The first-order valence-electron chi connectivity index (χ1n) is 8.21. The SMILES string of the molecule is CCOC(=O)C1(OC(=O)Cc2cc(C)c(Br)cc2Cl)CCCCC1. The van der Waals surface area contributed by atoms with E-state index >= 15 is 0 Å². The number of hydrogen-bond acceptors (Lipinski definition) is 4. The Balaban J connectivity index is 2.13. The maximum atomic E-state index is 12.4. The van der Waals surface area contributed by atoms with E-state index in [0.29, 0.717) is 23.4 Å². The summed E-state index contributed by atoms with van der Waals surface area (Å²) in [6.45, 7) is 3.95. The summed E-state index contributed by atoms with van der Waals surface area (Å²) in [4.78, 5) is 24.8. The number of benzene rings is 1. The van der Waals surface area contributed by atoms with Gasteiger partial charge < -0.3 is 9.47 Å². The summed E-state index contributed by atoms with van der Waals surface area (Å²) < 4.78 is 11.7. The van der Waals surface area contributed by atoms with E-state index in [1.165, 1.54) is 0 Å². The van der Waals surface area contributed by atoms with Crippen LogP contribution in [0, 0.1) is 6.92 Å². The first-order valence-corrected chi connectivity index (χ1v) is 9.38. The molecule has 0 aromatic heterocycles. The second-order valence-corrected chi connectivity index (χ2v) is 7.38. The summed E-state index contributed by atoms with van der Waals surface area (Å²) in [5.41, 5.74) is 0.541. The van der Waals surface area contributed by atoms with Crippen molar-refractivity contribution in [3.8, 4) is 0 Å². The van der Waals surface area contributed by atoms with E-state index in [0.717, 1.165) is 29.3 Å². The van der Waals surface area contributed by atoms with E-state index in [2.05, 4.69) is 15.9 Å². The Labute approximate surface area is 156 Å². The van der Waals surface area contributed by atoms with Crippen LogP contribution in [-0.2, 0) is 25.5 Å². The first kappa shape index (κ1) is 19.3. The number of ether oxygens (including phenoxy) is 2. The fourth-order valence-electron chi connectivity index (χ4n) is 3.00. The van der Waals surface area contributed by atoms with Crippen LogP contribution in [0.15, 0.2) is 16.6 Å². The molecule has 0 spiro atoms. The van der Waals surface area contributed by atoms with Crippen molar-refractivity contribution in [2.45, 2.75) is 58.0 Å². The van der Waals surface area contributed by atoms with Gasteiger partial charge in [0, 0.05) is 9.50 Å². The van der Waals surface area contributed by atoms with Crippen molar-refractivity contribution in [1.82, 2.24) is 0 Å². The Hall–Kier alpha value is -1.07. The molecule has 0 saturated heterocycles. The summed E-state index contributed by atoms with van der Waals surface area (Å²) in [5.74, 6) is -0.885. The van der Waals surface area contributed by atoms with Gasteiger partial charge in [-0.3, -0.25) is 4.79 Å². The van der Waals surface area contributed by atoms with E-state index in [4.69, 9.17) is 21.1 Å². The quantitative estimate of drug-likeness (QED) is 0.648. The first-order chi connectivity index (χ1) is 11.4. The molecule has 0 aliphatic heterocycles. The van der Waals surface area contributed by atoms with Crippen molar-refractivity contribution in [3.63, 3.8) is 0 Å². The molecule has 1 aliphatic carbocycles. The molecule has 6 heteroatoms. The van der Waals surface area contributed by atoms with Crippen molar-refractivity contribution < 1.29 is 19.1 Å². The van der Waals surface area contributed by atoms with Gasteiger partial charge in [0.2, 0.25) is 5.60 Å². The number of carbonyl (C=O) groups is 2. The molecule has 4 nitrogen and oxygen atoms in total. The Bertz CT molecular complexity index is 624. The van der Waals surface area contributed by atoms with Gasteiger partial charge in [0.05, 0.1) is 13.0 Å². The van der Waals surface area contributed by atoms with Crippen LogP contribution in [0.1, 0.15) is 50.2 Å². The van der Waals surface area contributed by atoms with Gasteiger partial charge in [0.1, 0.15) is 0 Å². The molecule has 24 heavy (non-hydrogen) atoms. The normalized spacial score (nSPS) is 16.5. The minimum absolute atomic E-state index is 0.0358.